The lowest BCUT2D eigenvalue weighted by molar-refractivity contribution is 0.411. The van der Waals surface area contributed by atoms with E-state index in [0.717, 1.165) is 34.6 Å². The molecular formula is C18H18ClN3OS. The summed E-state index contributed by atoms with van der Waals surface area (Å²) < 4.78 is 7.53. The number of aryl methyl sites for hydroxylation is 1. The van der Waals surface area contributed by atoms with E-state index >= 15 is 0 Å². The normalized spacial score (nSPS) is 10.8. The summed E-state index contributed by atoms with van der Waals surface area (Å²) in [6, 6.07) is 16.0. The summed E-state index contributed by atoms with van der Waals surface area (Å²) in [5.74, 6) is 2.45. The van der Waals surface area contributed by atoms with Crippen molar-refractivity contribution >= 4 is 23.4 Å². The molecule has 0 aliphatic rings. The fraction of sp³-hybridized carbons (Fsp3) is 0.222. The Morgan fingerprint density at radius 1 is 1.12 bits per heavy atom. The molecule has 0 bridgehead atoms. The summed E-state index contributed by atoms with van der Waals surface area (Å²) >= 11 is 7.73. The molecule has 0 saturated carbocycles. The third-order valence-corrected chi connectivity index (χ3v) is 4.94. The summed E-state index contributed by atoms with van der Waals surface area (Å²) in [5, 5.41) is 10.1. The molecule has 0 amide bonds. The van der Waals surface area contributed by atoms with E-state index in [2.05, 4.69) is 26.9 Å². The minimum atomic E-state index is 0.702. The maximum atomic E-state index is 6.10. The van der Waals surface area contributed by atoms with Crippen LogP contribution in [0.3, 0.4) is 0 Å². The first-order valence-corrected chi connectivity index (χ1v) is 8.92. The Balaban J connectivity index is 1.78. The van der Waals surface area contributed by atoms with Gasteiger partial charge in [0.2, 0.25) is 0 Å². The molecule has 6 heteroatoms. The van der Waals surface area contributed by atoms with Crippen LogP contribution in [0, 0.1) is 6.92 Å². The molecule has 3 aromatic rings. The van der Waals surface area contributed by atoms with E-state index in [-0.39, 0.29) is 0 Å². The summed E-state index contributed by atoms with van der Waals surface area (Å²) in [5.41, 5.74) is 2.27. The van der Waals surface area contributed by atoms with Crippen LogP contribution in [0.1, 0.15) is 17.0 Å². The Labute approximate surface area is 150 Å². The third-order valence-electron chi connectivity index (χ3n) is 3.68. The monoisotopic (exact) mass is 359 g/mol. The van der Waals surface area contributed by atoms with Crippen molar-refractivity contribution < 1.29 is 4.74 Å². The summed E-state index contributed by atoms with van der Waals surface area (Å²) in [6.07, 6.45) is 0. The number of nitrogens with zero attached hydrogens (tertiary/aromatic N) is 3. The molecule has 0 atom stereocenters. The average molecular weight is 360 g/mol. The molecule has 0 aliphatic carbocycles. The number of benzene rings is 2. The van der Waals surface area contributed by atoms with Crippen LogP contribution in [0.15, 0.2) is 53.7 Å². The van der Waals surface area contributed by atoms with Crippen molar-refractivity contribution in [3.05, 3.63) is 70.5 Å². The maximum Gasteiger partial charge on any atom is 0.191 e. The van der Waals surface area contributed by atoms with Crippen molar-refractivity contribution in [2.45, 2.75) is 24.4 Å². The van der Waals surface area contributed by atoms with E-state index in [4.69, 9.17) is 16.3 Å². The van der Waals surface area contributed by atoms with Crippen molar-refractivity contribution in [2.75, 3.05) is 7.11 Å². The van der Waals surface area contributed by atoms with Crippen LogP contribution < -0.4 is 4.74 Å². The highest BCUT2D eigenvalue weighted by Crippen LogP contribution is 2.29. The zero-order chi connectivity index (χ0) is 16.9. The number of hydrogen-bond acceptors (Lipinski definition) is 4. The quantitative estimate of drug-likeness (QED) is 0.603. The topological polar surface area (TPSA) is 39.9 Å². The smallest absolute Gasteiger partial charge is 0.191 e. The highest BCUT2D eigenvalue weighted by molar-refractivity contribution is 7.98. The molecule has 0 fully saturated rings. The lowest BCUT2D eigenvalue weighted by Gasteiger charge is -2.10. The molecule has 0 saturated heterocycles. The van der Waals surface area contributed by atoms with Crippen molar-refractivity contribution in [1.29, 1.82) is 0 Å². The van der Waals surface area contributed by atoms with Crippen molar-refractivity contribution in [3.8, 4) is 5.75 Å². The van der Waals surface area contributed by atoms with Crippen molar-refractivity contribution in [2.24, 2.45) is 0 Å². The number of methoxy groups -OCH3 is 1. The molecule has 0 unspecified atom stereocenters. The minimum Gasteiger partial charge on any atom is -0.496 e. The van der Waals surface area contributed by atoms with Gasteiger partial charge in [-0.15, -0.1) is 10.2 Å². The average Bonchev–Trinajstić information content (AvgIpc) is 2.94. The Morgan fingerprint density at radius 2 is 1.92 bits per heavy atom. The largest absolute Gasteiger partial charge is 0.496 e. The van der Waals surface area contributed by atoms with E-state index in [9.17, 15) is 0 Å². The molecule has 2 aromatic carbocycles. The van der Waals surface area contributed by atoms with E-state index in [1.807, 2.05) is 43.3 Å². The molecule has 3 rings (SSSR count). The minimum absolute atomic E-state index is 0.702. The predicted molar refractivity (Wildman–Crippen MR) is 97.9 cm³/mol. The number of halogens is 1. The van der Waals surface area contributed by atoms with Crippen molar-refractivity contribution in [3.63, 3.8) is 0 Å². The summed E-state index contributed by atoms with van der Waals surface area (Å²) in [7, 11) is 1.67. The van der Waals surface area contributed by atoms with Gasteiger partial charge in [-0.3, -0.25) is 0 Å². The van der Waals surface area contributed by atoms with E-state index in [1.165, 1.54) is 5.56 Å². The molecule has 124 valence electrons. The highest BCUT2D eigenvalue weighted by atomic mass is 35.5. The molecule has 0 N–H and O–H groups in total. The molecular weight excluding hydrogens is 342 g/mol. The second-order valence-corrected chi connectivity index (χ2v) is 6.73. The van der Waals surface area contributed by atoms with Crippen LogP contribution in [-0.2, 0) is 12.3 Å². The lowest BCUT2D eigenvalue weighted by atomic mass is 10.2. The fourth-order valence-corrected chi connectivity index (χ4v) is 3.57. The zero-order valence-electron chi connectivity index (χ0n) is 13.6. The Bertz CT molecular complexity index is 820. The number of rotatable bonds is 6. The first-order valence-electron chi connectivity index (χ1n) is 7.56. The van der Waals surface area contributed by atoms with Gasteiger partial charge in [0.15, 0.2) is 5.16 Å². The molecule has 1 aromatic heterocycles. The van der Waals surface area contributed by atoms with Gasteiger partial charge in [0.25, 0.3) is 0 Å². The second kappa shape index (κ2) is 7.73. The van der Waals surface area contributed by atoms with Gasteiger partial charge in [-0.1, -0.05) is 53.7 Å². The molecule has 0 spiro atoms. The van der Waals surface area contributed by atoms with Gasteiger partial charge in [-0.2, -0.15) is 0 Å². The van der Waals surface area contributed by atoms with Gasteiger partial charge in [0, 0.05) is 16.3 Å². The third kappa shape index (κ3) is 3.91. The molecule has 4 nitrogen and oxygen atoms in total. The maximum absolute atomic E-state index is 6.10. The van der Waals surface area contributed by atoms with E-state index in [0.29, 0.717) is 5.02 Å². The number of thioether (sulfide) groups is 1. The van der Waals surface area contributed by atoms with Gasteiger partial charge < -0.3 is 9.30 Å². The molecule has 0 radical (unpaired) electrons. The van der Waals surface area contributed by atoms with Crippen LogP contribution in [-0.4, -0.2) is 21.9 Å². The Morgan fingerprint density at radius 3 is 2.67 bits per heavy atom. The summed E-state index contributed by atoms with van der Waals surface area (Å²) in [4.78, 5) is 0. The number of ether oxygens (including phenoxy) is 1. The first kappa shape index (κ1) is 16.9. The molecule has 0 aliphatic heterocycles. The number of aromatic nitrogens is 3. The van der Waals surface area contributed by atoms with Crippen LogP contribution in [0.4, 0.5) is 0 Å². The summed E-state index contributed by atoms with van der Waals surface area (Å²) in [6.45, 7) is 2.73. The number of hydrogen-bond donors (Lipinski definition) is 0. The highest BCUT2D eigenvalue weighted by Gasteiger charge is 2.12. The lowest BCUT2D eigenvalue weighted by Crippen LogP contribution is -2.04. The standard InChI is InChI=1S/C18H18ClN3OS/c1-13-20-21-18(22(13)11-14-6-4-3-5-7-14)24-12-15-10-16(19)8-9-17(15)23-2/h3-10H,11-12H2,1-2H3. The van der Waals surface area contributed by atoms with Gasteiger partial charge in [-0.05, 0) is 30.7 Å². The van der Waals surface area contributed by atoms with E-state index < -0.39 is 0 Å². The zero-order valence-corrected chi connectivity index (χ0v) is 15.1. The molecule has 24 heavy (non-hydrogen) atoms. The van der Waals surface area contributed by atoms with Crippen LogP contribution in [0.5, 0.6) is 5.75 Å². The predicted octanol–water partition coefficient (Wildman–Crippen LogP) is 4.59. The van der Waals surface area contributed by atoms with Crippen LogP contribution in [0.2, 0.25) is 5.02 Å². The van der Waals surface area contributed by atoms with Crippen molar-refractivity contribution in [1.82, 2.24) is 14.8 Å². The second-order valence-electron chi connectivity index (χ2n) is 5.35. The van der Waals surface area contributed by atoms with Gasteiger partial charge in [-0.25, -0.2) is 0 Å². The fourth-order valence-electron chi connectivity index (χ4n) is 2.42. The Hall–Kier alpha value is -1.98. The molecule has 1 heterocycles. The van der Waals surface area contributed by atoms with Gasteiger partial charge >= 0.3 is 0 Å². The Kier molecular flexibility index (Phi) is 5.43. The van der Waals surface area contributed by atoms with Crippen LogP contribution in [0.25, 0.3) is 0 Å². The first-order chi connectivity index (χ1) is 11.7. The SMILES string of the molecule is COc1ccc(Cl)cc1CSc1nnc(C)n1Cc1ccccc1. The van der Waals surface area contributed by atoms with E-state index in [1.54, 1.807) is 18.9 Å². The van der Waals surface area contributed by atoms with Crippen LogP contribution >= 0.6 is 23.4 Å². The van der Waals surface area contributed by atoms with Gasteiger partial charge in [0.05, 0.1) is 13.7 Å². The van der Waals surface area contributed by atoms with Gasteiger partial charge in [0.1, 0.15) is 11.6 Å².